The lowest BCUT2D eigenvalue weighted by Gasteiger charge is -2.35. The third-order valence-corrected chi connectivity index (χ3v) is 4.18. The molecule has 1 aliphatic heterocycles. The second-order valence-corrected chi connectivity index (χ2v) is 5.83. The molecule has 2 aromatic carbocycles. The largest absolute Gasteiger partial charge is 0.335 e. The van der Waals surface area contributed by atoms with Crippen LogP contribution in [0.1, 0.15) is 20.7 Å². The predicted octanol–water partition coefficient (Wildman–Crippen LogP) is 2.84. The standard InChI is InChI=1S/C18H14F4N2O2/c19-11-1-3-13(15(21)9-11)17(25)23-5-7-24(8-6-23)18(26)14-4-2-12(20)10-16(14)22/h1-4,9-10H,5-8H2. The molecule has 1 aliphatic rings. The minimum absolute atomic E-state index is 0.115. The third kappa shape index (κ3) is 3.54. The molecule has 1 fully saturated rings. The van der Waals surface area contributed by atoms with Gasteiger partial charge in [0, 0.05) is 38.3 Å². The number of nitrogens with zero attached hydrogens (tertiary/aromatic N) is 2. The molecule has 0 unspecified atom stereocenters. The van der Waals surface area contributed by atoms with Crippen LogP contribution in [0, 0.1) is 23.3 Å². The van der Waals surface area contributed by atoms with Crippen LogP contribution in [0.15, 0.2) is 36.4 Å². The van der Waals surface area contributed by atoms with E-state index in [-0.39, 0.29) is 37.3 Å². The number of carbonyl (C=O) groups is 2. The molecule has 1 heterocycles. The summed E-state index contributed by atoms with van der Waals surface area (Å²) in [6, 6.07) is 5.38. The van der Waals surface area contributed by atoms with Crippen molar-refractivity contribution < 1.29 is 27.2 Å². The van der Waals surface area contributed by atoms with Crippen molar-refractivity contribution in [1.29, 1.82) is 0 Å². The topological polar surface area (TPSA) is 40.6 Å². The molecular weight excluding hydrogens is 352 g/mol. The quantitative estimate of drug-likeness (QED) is 0.767. The van der Waals surface area contributed by atoms with Crippen LogP contribution < -0.4 is 0 Å². The Bertz CT molecular complexity index is 793. The van der Waals surface area contributed by atoms with Gasteiger partial charge in [0.15, 0.2) is 0 Å². The molecule has 4 nitrogen and oxygen atoms in total. The Kier molecular flexibility index (Phi) is 4.92. The molecule has 0 atom stereocenters. The van der Waals surface area contributed by atoms with Gasteiger partial charge in [0.2, 0.25) is 0 Å². The van der Waals surface area contributed by atoms with E-state index in [1.54, 1.807) is 0 Å². The van der Waals surface area contributed by atoms with Gasteiger partial charge in [0.25, 0.3) is 11.8 Å². The smallest absolute Gasteiger partial charge is 0.256 e. The average molecular weight is 366 g/mol. The summed E-state index contributed by atoms with van der Waals surface area (Å²) >= 11 is 0. The van der Waals surface area contributed by atoms with Gasteiger partial charge in [-0.25, -0.2) is 17.6 Å². The molecular formula is C18H14F4N2O2. The molecule has 1 saturated heterocycles. The van der Waals surface area contributed by atoms with E-state index in [0.29, 0.717) is 12.1 Å². The zero-order valence-electron chi connectivity index (χ0n) is 13.5. The maximum atomic E-state index is 13.7. The van der Waals surface area contributed by atoms with E-state index in [9.17, 15) is 27.2 Å². The molecule has 136 valence electrons. The Balaban J connectivity index is 1.67. The van der Waals surface area contributed by atoms with E-state index < -0.39 is 35.1 Å². The van der Waals surface area contributed by atoms with Crippen LogP contribution in [0.4, 0.5) is 17.6 Å². The minimum atomic E-state index is -0.957. The van der Waals surface area contributed by atoms with E-state index in [1.165, 1.54) is 9.80 Å². The van der Waals surface area contributed by atoms with E-state index in [0.717, 1.165) is 24.3 Å². The second-order valence-electron chi connectivity index (χ2n) is 5.83. The van der Waals surface area contributed by atoms with Crippen molar-refractivity contribution in [1.82, 2.24) is 9.80 Å². The predicted molar refractivity (Wildman–Crippen MR) is 84.5 cm³/mol. The van der Waals surface area contributed by atoms with E-state index in [2.05, 4.69) is 0 Å². The van der Waals surface area contributed by atoms with Gasteiger partial charge in [-0.15, -0.1) is 0 Å². The maximum Gasteiger partial charge on any atom is 0.256 e. The van der Waals surface area contributed by atoms with Gasteiger partial charge in [-0.3, -0.25) is 9.59 Å². The van der Waals surface area contributed by atoms with Crippen molar-refractivity contribution in [2.24, 2.45) is 0 Å². The summed E-state index contributed by atoms with van der Waals surface area (Å²) in [5.41, 5.74) is -0.508. The first-order valence-corrected chi connectivity index (χ1v) is 7.85. The molecule has 0 N–H and O–H groups in total. The summed E-state index contributed by atoms with van der Waals surface area (Å²) < 4.78 is 53.4. The number of piperazine rings is 1. The van der Waals surface area contributed by atoms with Crippen LogP contribution in [0.3, 0.4) is 0 Å². The molecule has 0 saturated carbocycles. The van der Waals surface area contributed by atoms with Crippen molar-refractivity contribution in [2.75, 3.05) is 26.2 Å². The molecule has 2 amide bonds. The third-order valence-electron chi connectivity index (χ3n) is 4.18. The number of carbonyl (C=O) groups excluding carboxylic acids is 2. The number of amides is 2. The Labute approximate surface area is 146 Å². The first kappa shape index (κ1) is 17.9. The average Bonchev–Trinajstić information content (AvgIpc) is 2.61. The first-order chi connectivity index (χ1) is 12.4. The van der Waals surface area contributed by atoms with E-state index in [1.807, 2.05) is 0 Å². The molecule has 8 heteroatoms. The molecule has 0 radical (unpaired) electrons. The Morgan fingerprint density at radius 1 is 0.654 bits per heavy atom. The molecule has 3 rings (SSSR count). The highest BCUT2D eigenvalue weighted by Gasteiger charge is 2.28. The fraction of sp³-hybridized carbons (Fsp3) is 0.222. The highest BCUT2D eigenvalue weighted by molar-refractivity contribution is 5.96. The van der Waals surface area contributed by atoms with Crippen molar-refractivity contribution >= 4 is 11.8 Å². The van der Waals surface area contributed by atoms with Crippen LogP contribution in [-0.4, -0.2) is 47.8 Å². The summed E-state index contributed by atoms with van der Waals surface area (Å²) in [6.07, 6.45) is 0. The van der Waals surface area contributed by atoms with Gasteiger partial charge in [0.1, 0.15) is 23.3 Å². The van der Waals surface area contributed by atoms with Gasteiger partial charge in [-0.1, -0.05) is 0 Å². The summed E-state index contributed by atoms with van der Waals surface area (Å²) in [7, 11) is 0. The fourth-order valence-corrected chi connectivity index (χ4v) is 2.78. The maximum absolute atomic E-state index is 13.7. The Morgan fingerprint density at radius 3 is 1.31 bits per heavy atom. The van der Waals surface area contributed by atoms with Crippen molar-refractivity contribution in [3.05, 3.63) is 70.8 Å². The number of halogens is 4. The van der Waals surface area contributed by atoms with Gasteiger partial charge in [-0.2, -0.15) is 0 Å². The van der Waals surface area contributed by atoms with Crippen molar-refractivity contribution in [3.63, 3.8) is 0 Å². The van der Waals surface area contributed by atoms with Gasteiger partial charge >= 0.3 is 0 Å². The second kappa shape index (κ2) is 7.15. The Hall–Kier alpha value is -2.90. The SMILES string of the molecule is O=C(c1ccc(F)cc1F)N1CCN(C(=O)c2ccc(F)cc2F)CC1. The van der Waals surface area contributed by atoms with Gasteiger partial charge < -0.3 is 9.80 Å². The number of benzene rings is 2. The van der Waals surface area contributed by atoms with Crippen LogP contribution in [-0.2, 0) is 0 Å². The molecule has 0 spiro atoms. The summed E-state index contributed by atoms with van der Waals surface area (Å²) in [6.45, 7) is 0.461. The highest BCUT2D eigenvalue weighted by Crippen LogP contribution is 2.17. The van der Waals surface area contributed by atoms with E-state index >= 15 is 0 Å². The zero-order chi connectivity index (χ0) is 18.8. The minimum Gasteiger partial charge on any atom is -0.335 e. The van der Waals surface area contributed by atoms with Crippen LogP contribution in [0.5, 0.6) is 0 Å². The lowest BCUT2D eigenvalue weighted by molar-refractivity contribution is 0.0530. The molecule has 26 heavy (non-hydrogen) atoms. The lowest BCUT2D eigenvalue weighted by Crippen LogP contribution is -2.50. The summed E-state index contributed by atoms with van der Waals surface area (Å²) in [5.74, 6) is -4.69. The van der Waals surface area contributed by atoms with Crippen LogP contribution in [0.2, 0.25) is 0 Å². The molecule has 0 bridgehead atoms. The van der Waals surface area contributed by atoms with E-state index in [4.69, 9.17) is 0 Å². The van der Waals surface area contributed by atoms with Crippen molar-refractivity contribution in [3.8, 4) is 0 Å². The Morgan fingerprint density at radius 2 is 1.00 bits per heavy atom. The highest BCUT2D eigenvalue weighted by atomic mass is 19.1. The zero-order valence-corrected chi connectivity index (χ0v) is 13.5. The lowest BCUT2D eigenvalue weighted by atomic mass is 10.1. The van der Waals surface area contributed by atoms with Crippen LogP contribution >= 0.6 is 0 Å². The monoisotopic (exact) mass is 366 g/mol. The number of hydrogen-bond acceptors (Lipinski definition) is 2. The molecule has 0 aromatic heterocycles. The van der Waals surface area contributed by atoms with Gasteiger partial charge in [0.05, 0.1) is 11.1 Å². The fourth-order valence-electron chi connectivity index (χ4n) is 2.78. The number of rotatable bonds is 2. The first-order valence-electron chi connectivity index (χ1n) is 7.85. The van der Waals surface area contributed by atoms with Crippen molar-refractivity contribution in [2.45, 2.75) is 0 Å². The molecule has 0 aliphatic carbocycles. The summed E-state index contributed by atoms with van der Waals surface area (Å²) in [4.78, 5) is 27.3. The number of hydrogen-bond donors (Lipinski definition) is 0. The van der Waals surface area contributed by atoms with Gasteiger partial charge in [-0.05, 0) is 24.3 Å². The summed E-state index contributed by atoms with van der Waals surface area (Å²) in [5, 5.41) is 0. The normalized spacial score (nSPS) is 14.5. The van der Waals surface area contributed by atoms with Crippen LogP contribution in [0.25, 0.3) is 0 Å². The molecule has 2 aromatic rings.